The fourth-order valence-electron chi connectivity index (χ4n) is 1.58. The fourth-order valence-corrected chi connectivity index (χ4v) is 1.58. The van der Waals surface area contributed by atoms with Crippen LogP contribution in [0.25, 0.3) is 0 Å². The lowest BCUT2D eigenvalue weighted by atomic mass is 9.88. The van der Waals surface area contributed by atoms with E-state index < -0.39 is 0 Å². The van der Waals surface area contributed by atoms with E-state index in [1.807, 2.05) is 38.2 Å². The van der Waals surface area contributed by atoms with Gasteiger partial charge >= 0.3 is 0 Å². The molecule has 1 heterocycles. The van der Waals surface area contributed by atoms with Crippen molar-refractivity contribution in [2.45, 2.75) is 33.1 Å². The molecule has 3 nitrogen and oxygen atoms in total. The second-order valence-electron chi connectivity index (χ2n) is 5.70. The predicted octanol–water partition coefficient (Wildman–Crippen LogP) is 2.50. The Hall–Kier alpha value is -1.40. The highest BCUT2D eigenvalue weighted by Gasteiger charge is 2.23. The van der Waals surface area contributed by atoms with Crippen LogP contribution < -0.4 is 5.32 Å². The smallest absolute Gasteiger partial charge is 0.0697 e. The van der Waals surface area contributed by atoms with Crippen LogP contribution in [0.1, 0.15) is 33.4 Å². The maximum atomic E-state index is 8.94. The van der Waals surface area contributed by atoms with Gasteiger partial charge < -0.3 is 5.32 Å². The van der Waals surface area contributed by atoms with Crippen molar-refractivity contribution in [3.63, 3.8) is 0 Å². The van der Waals surface area contributed by atoms with E-state index in [2.05, 4.69) is 30.2 Å². The van der Waals surface area contributed by atoms with Crippen molar-refractivity contribution in [2.24, 2.45) is 5.41 Å². The second kappa shape index (κ2) is 5.29. The molecule has 1 N–H and O–H groups in total. The molecule has 1 aromatic rings. The van der Waals surface area contributed by atoms with Gasteiger partial charge in [-0.1, -0.05) is 19.9 Å². The Bertz CT molecular complexity index is 388. The molecule has 0 bridgehead atoms. The van der Waals surface area contributed by atoms with Gasteiger partial charge in [0.05, 0.1) is 11.5 Å². The molecule has 1 rings (SSSR count). The van der Waals surface area contributed by atoms with E-state index in [1.54, 1.807) is 0 Å². The van der Waals surface area contributed by atoms with Crippen molar-refractivity contribution in [3.05, 3.63) is 30.1 Å². The molecule has 3 heteroatoms. The first kappa shape index (κ1) is 13.7. The number of hydrogen-bond acceptors (Lipinski definition) is 3. The quantitative estimate of drug-likeness (QED) is 0.847. The molecule has 0 aliphatic rings. The first-order chi connectivity index (χ1) is 7.87. The van der Waals surface area contributed by atoms with Crippen molar-refractivity contribution >= 4 is 0 Å². The van der Waals surface area contributed by atoms with E-state index >= 15 is 0 Å². The minimum absolute atomic E-state index is 0.0210. The van der Waals surface area contributed by atoms with Crippen LogP contribution in [-0.2, 0) is 5.41 Å². The van der Waals surface area contributed by atoms with Crippen LogP contribution in [-0.4, -0.2) is 18.1 Å². The highest BCUT2D eigenvalue weighted by atomic mass is 14.9. The summed E-state index contributed by atoms with van der Waals surface area (Å²) in [5.41, 5.74) is 0.731. The average molecular weight is 231 g/mol. The molecule has 0 aliphatic heterocycles. The summed E-state index contributed by atoms with van der Waals surface area (Å²) in [6.45, 7) is 9.69. The van der Waals surface area contributed by atoms with E-state index in [-0.39, 0.29) is 10.8 Å². The predicted molar refractivity (Wildman–Crippen MR) is 69.5 cm³/mol. The monoisotopic (exact) mass is 231 g/mol. The van der Waals surface area contributed by atoms with Crippen LogP contribution in [0.4, 0.5) is 0 Å². The van der Waals surface area contributed by atoms with Crippen LogP contribution in [0.2, 0.25) is 0 Å². The Morgan fingerprint density at radius 3 is 2.47 bits per heavy atom. The number of aromatic nitrogens is 1. The topological polar surface area (TPSA) is 48.7 Å². The maximum absolute atomic E-state index is 8.94. The summed E-state index contributed by atoms with van der Waals surface area (Å²) in [4.78, 5) is 4.38. The molecular weight excluding hydrogens is 210 g/mol. The van der Waals surface area contributed by atoms with Gasteiger partial charge in [0, 0.05) is 30.4 Å². The lowest BCUT2D eigenvalue weighted by Crippen LogP contribution is -2.38. The lowest BCUT2D eigenvalue weighted by molar-refractivity contribution is 0.392. The summed E-state index contributed by atoms with van der Waals surface area (Å²) in [7, 11) is 0. The van der Waals surface area contributed by atoms with Crippen LogP contribution in [0, 0.1) is 16.7 Å². The third kappa shape index (κ3) is 4.16. The first-order valence-corrected chi connectivity index (χ1v) is 5.91. The number of nitrogens with zero attached hydrogens (tertiary/aromatic N) is 2. The Morgan fingerprint density at radius 2 is 1.94 bits per heavy atom. The number of pyridine rings is 1. The first-order valence-electron chi connectivity index (χ1n) is 5.91. The van der Waals surface area contributed by atoms with Gasteiger partial charge in [0.2, 0.25) is 0 Å². The molecule has 17 heavy (non-hydrogen) atoms. The average Bonchev–Trinajstić information content (AvgIpc) is 2.30. The molecule has 0 spiro atoms. The van der Waals surface area contributed by atoms with Gasteiger partial charge in [0.15, 0.2) is 0 Å². The van der Waals surface area contributed by atoms with Gasteiger partial charge in [-0.25, -0.2) is 0 Å². The molecule has 0 aliphatic carbocycles. The Morgan fingerprint density at radius 1 is 1.24 bits per heavy atom. The zero-order valence-corrected chi connectivity index (χ0v) is 11.1. The number of rotatable bonds is 5. The standard InChI is InChI=1S/C14H21N3/c1-13(2,9-15)10-16-11-14(3,4)12-7-5-6-8-17-12/h5-8,16H,10-11H2,1-4H3. The highest BCUT2D eigenvalue weighted by Crippen LogP contribution is 2.20. The van der Waals surface area contributed by atoms with Crippen molar-refractivity contribution in [1.82, 2.24) is 10.3 Å². The Kier molecular flexibility index (Phi) is 4.25. The molecule has 0 aromatic carbocycles. The normalized spacial score (nSPS) is 12.2. The molecule has 0 atom stereocenters. The van der Waals surface area contributed by atoms with Gasteiger partial charge in [0.1, 0.15) is 0 Å². The van der Waals surface area contributed by atoms with Crippen LogP contribution in [0.5, 0.6) is 0 Å². The Labute approximate surface area is 104 Å². The molecular formula is C14H21N3. The third-order valence-corrected chi connectivity index (χ3v) is 2.79. The van der Waals surface area contributed by atoms with Gasteiger partial charge in [-0.05, 0) is 26.0 Å². The molecule has 0 saturated carbocycles. The van der Waals surface area contributed by atoms with Crippen molar-refractivity contribution < 1.29 is 0 Å². The van der Waals surface area contributed by atoms with Crippen molar-refractivity contribution in [2.75, 3.05) is 13.1 Å². The minimum Gasteiger partial charge on any atom is -0.314 e. The van der Waals surface area contributed by atoms with Gasteiger partial charge in [0.25, 0.3) is 0 Å². The van der Waals surface area contributed by atoms with E-state index in [0.717, 1.165) is 12.2 Å². The second-order valence-corrected chi connectivity index (χ2v) is 5.70. The SMILES string of the molecule is CC(C)(C#N)CNCC(C)(C)c1ccccn1. The maximum Gasteiger partial charge on any atom is 0.0697 e. The third-order valence-electron chi connectivity index (χ3n) is 2.79. The molecule has 0 saturated heterocycles. The van der Waals surface area contributed by atoms with E-state index in [1.165, 1.54) is 0 Å². The summed E-state index contributed by atoms with van der Waals surface area (Å²) in [5, 5.41) is 12.3. The number of nitrogens with one attached hydrogen (secondary N) is 1. The van der Waals surface area contributed by atoms with Crippen LogP contribution >= 0.6 is 0 Å². The summed E-state index contributed by atoms with van der Waals surface area (Å²) in [6, 6.07) is 8.25. The van der Waals surface area contributed by atoms with E-state index in [9.17, 15) is 0 Å². The molecule has 92 valence electrons. The molecule has 0 amide bonds. The van der Waals surface area contributed by atoms with Crippen molar-refractivity contribution in [1.29, 1.82) is 5.26 Å². The summed E-state index contributed by atoms with van der Waals surface area (Å²) in [6.07, 6.45) is 1.82. The zero-order chi connectivity index (χ0) is 12.9. The van der Waals surface area contributed by atoms with E-state index in [4.69, 9.17) is 5.26 Å². The Balaban J connectivity index is 2.55. The largest absolute Gasteiger partial charge is 0.314 e. The molecule has 1 aromatic heterocycles. The summed E-state index contributed by atoms with van der Waals surface area (Å²) < 4.78 is 0. The number of nitriles is 1. The van der Waals surface area contributed by atoms with Gasteiger partial charge in [-0.15, -0.1) is 0 Å². The number of hydrogen-bond donors (Lipinski definition) is 1. The van der Waals surface area contributed by atoms with Crippen LogP contribution in [0.15, 0.2) is 24.4 Å². The van der Waals surface area contributed by atoms with Crippen molar-refractivity contribution in [3.8, 4) is 6.07 Å². The summed E-state index contributed by atoms with van der Waals surface area (Å²) >= 11 is 0. The molecule has 0 unspecified atom stereocenters. The fraction of sp³-hybridized carbons (Fsp3) is 0.571. The minimum atomic E-state index is -0.319. The lowest BCUT2D eigenvalue weighted by Gasteiger charge is -2.26. The summed E-state index contributed by atoms with van der Waals surface area (Å²) in [5.74, 6) is 0. The van der Waals surface area contributed by atoms with Crippen LogP contribution in [0.3, 0.4) is 0 Å². The molecule has 0 fully saturated rings. The molecule has 0 radical (unpaired) electrons. The van der Waals surface area contributed by atoms with E-state index in [0.29, 0.717) is 6.54 Å². The highest BCUT2D eigenvalue weighted by molar-refractivity contribution is 5.15. The van der Waals surface area contributed by atoms with Gasteiger partial charge in [-0.2, -0.15) is 5.26 Å². The zero-order valence-electron chi connectivity index (χ0n) is 11.1. The van der Waals surface area contributed by atoms with Gasteiger partial charge in [-0.3, -0.25) is 4.98 Å².